The zero-order valence-corrected chi connectivity index (χ0v) is 14.8. The molecule has 0 saturated carbocycles. The van der Waals surface area contributed by atoms with Crippen LogP contribution in [0.15, 0.2) is 27.6 Å². The Kier molecular flexibility index (Phi) is 5.55. The maximum absolute atomic E-state index is 12.2. The van der Waals surface area contributed by atoms with E-state index in [4.69, 9.17) is 0 Å². The first-order valence-corrected chi connectivity index (χ1v) is 8.28. The fraction of sp³-hybridized carbons (Fsp3) is 0.429. The molecule has 0 aromatic carbocycles. The molecule has 0 aliphatic carbocycles. The molecular weight excluding hydrogens is 352 g/mol. The second-order valence-corrected chi connectivity index (χ2v) is 7.24. The van der Waals surface area contributed by atoms with Gasteiger partial charge in [-0.25, -0.2) is 4.68 Å². The molecule has 0 aliphatic heterocycles. The van der Waals surface area contributed by atoms with Crippen LogP contribution in [-0.4, -0.2) is 35.3 Å². The number of halogens is 1. The van der Waals surface area contributed by atoms with Crippen molar-refractivity contribution < 1.29 is 0 Å². The number of likely N-dealkylation sites (N-methyl/N-ethyl adjacent to an activating group) is 1. The predicted molar refractivity (Wildman–Crippen MR) is 91.1 cm³/mol. The Bertz CT molecular complexity index is 665. The average Bonchev–Trinajstić information content (AvgIpc) is 2.85. The molecule has 0 fully saturated rings. The molecule has 7 heteroatoms. The van der Waals surface area contributed by atoms with Gasteiger partial charge in [0.2, 0.25) is 0 Å². The summed E-state index contributed by atoms with van der Waals surface area (Å²) in [4.78, 5) is 16.7. The number of hydrogen-bond donors (Lipinski definition) is 1. The summed E-state index contributed by atoms with van der Waals surface area (Å²) in [6.07, 6.45) is 1.70. The normalized spacial score (nSPS) is 11.1. The topological polar surface area (TPSA) is 50.2 Å². The van der Waals surface area contributed by atoms with Crippen molar-refractivity contribution in [2.45, 2.75) is 20.0 Å². The molecule has 0 aliphatic rings. The highest BCUT2D eigenvalue weighted by atomic mass is 79.9. The van der Waals surface area contributed by atoms with Gasteiger partial charge in [0.25, 0.3) is 5.56 Å². The summed E-state index contributed by atoms with van der Waals surface area (Å²) in [5.41, 5.74) is 0.622. The number of anilines is 1. The van der Waals surface area contributed by atoms with Gasteiger partial charge in [-0.1, -0.05) is 0 Å². The van der Waals surface area contributed by atoms with Gasteiger partial charge >= 0.3 is 0 Å². The van der Waals surface area contributed by atoms with Crippen molar-refractivity contribution in [2.75, 3.05) is 26.0 Å². The number of aryl methyl sites for hydroxylation is 1. The summed E-state index contributed by atoms with van der Waals surface area (Å²) in [5.74, 6) is 0. The van der Waals surface area contributed by atoms with Crippen molar-refractivity contribution in [1.29, 1.82) is 0 Å². The van der Waals surface area contributed by atoms with Gasteiger partial charge in [-0.15, -0.1) is 11.3 Å². The van der Waals surface area contributed by atoms with E-state index in [1.807, 2.05) is 19.0 Å². The summed E-state index contributed by atoms with van der Waals surface area (Å²) in [6.45, 7) is 4.13. The molecule has 2 aromatic heterocycles. The van der Waals surface area contributed by atoms with Gasteiger partial charge in [0, 0.05) is 22.8 Å². The molecule has 0 atom stereocenters. The van der Waals surface area contributed by atoms with E-state index in [1.54, 1.807) is 17.5 Å². The molecule has 0 spiro atoms. The van der Waals surface area contributed by atoms with E-state index in [0.29, 0.717) is 17.6 Å². The van der Waals surface area contributed by atoms with E-state index in [1.165, 1.54) is 14.4 Å². The molecule has 114 valence electrons. The zero-order valence-electron chi connectivity index (χ0n) is 12.4. The summed E-state index contributed by atoms with van der Waals surface area (Å²) < 4.78 is 2.01. The first-order valence-electron chi connectivity index (χ1n) is 6.67. The summed E-state index contributed by atoms with van der Waals surface area (Å²) in [7, 11) is 3.94. The first-order chi connectivity index (χ1) is 9.97. The number of rotatable bonds is 6. The van der Waals surface area contributed by atoms with E-state index in [2.05, 4.69) is 45.4 Å². The Hall–Kier alpha value is -1.18. The largest absolute Gasteiger partial charge is 0.378 e. The van der Waals surface area contributed by atoms with Crippen LogP contribution >= 0.6 is 27.3 Å². The molecule has 2 heterocycles. The van der Waals surface area contributed by atoms with Gasteiger partial charge in [-0.05, 0) is 49.1 Å². The molecular formula is C14H19BrN4OS. The summed E-state index contributed by atoms with van der Waals surface area (Å²) in [5, 5.41) is 7.47. The first kappa shape index (κ1) is 16.2. The number of thiophene rings is 1. The Balaban J connectivity index is 2.07. The van der Waals surface area contributed by atoms with Crippen LogP contribution in [-0.2, 0) is 13.1 Å². The minimum absolute atomic E-state index is 0.107. The lowest BCUT2D eigenvalue weighted by atomic mass is 10.4. The fourth-order valence-corrected chi connectivity index (χ4v) is 3.08. The van der Waals surface area contributed by atoms with Crippen molar-refractivity contribution in [1.82, 2.24) is 14.7 Å². The molecule has 0 saturated heterocycles. The van der Waals surface area contributed by atoms with Gasteiger partial charge < -0.3 is 10.2 Å². The highest BCUT2D eigenvalue weighted by Crippen LogP contribution is 2.20. The van der Waals surface area contributed by atoms with Crippen molar-refractivity contribution in [3.8, 4) is 0 Å². The van der Waals surface area contributed by atoms with Crippen molar-refractivity contribution in [3.63, 3.8) is 0 Å². The quantitative estimate of drug-likeness (QED) is 0.848. The number of nitrogens with zero attached hydrogens (tertiary/aromatic N) is 3. The van der Waals surface area contributed by atoms with Gasteiger partial charge in [0.05, 0.1) is 18.4 Å². The zero-order chi connectivity index (χ0) is 15.4. The molecule has 1 N–H and O–H groups in total. The third kappa shape index (κ3) is 4.39. The maximum Gasteiger partial charge on any atom is 0.283 e. The monoisotopic (exact) mass is 370 g/mol. The second kappa shape index (κ2) is 7.20. The van der Waals surface area contributed by atoms with Crippen LogP contribution in [0.25, 0.3) is 0 Å². The second-order valence-electron chi connectivity index (χ2n) is 5.07. The van der Waals surface area contributed by atoms with Crippen LogP contribution in [0, 0.1) is 6.92 Å². The van der Waals surface area contributed by atoms with Crippen LogP contribution < -0.4 is 10.9 Å². The Morgan fingerprint density at radius 3 is 2.81 bits per heavy atom. The predicted octanol–water partition coefficient (Wildman–Crippen LogP) is 2.55. The highest BCUT2D eigenvalue weighted by molar-refractivity contribution is 9.10. The molecule has 0 amide bonds. The van der Waals surface area contributed by atoms with Gasteiger partial charge in [0.15, 0.2) is 0 Å². The van der Waals surface area contributed by atoms with E-state index in [9.17, 15) is 4.79 Å². The minimum Gasteiger partial charge on any atom is -0.378 e. The van der Waals surface area contributed by atoms with Crippen LogP contribution in [0.4, 0.5) is 5.69 Å². The Labute approximate surface area is 136 Å². The third-order valence-electron chi connectivity index (χ3n) is 2.99. The maximum atomic E-state index is 12.2. The van der Waals surface area contributed by atoms with E-state index < -0.39 is 0 Å². The van der Waals surface area contributed by atoms with Crippen LogP contribution in [0.5, 0.6) is 0 Å². The van der Waals surface area contributed by atoms with Crippen molar-refractivity contribution in [3.05, 3.63) is 42.9 Å². The number of aromatic nitrogens is 2. The molecule has 0 unspecified atom stereocenters. The lowest BCUT2D eigenvalue weighted by Crippen LogP contribution is -2.29. The molecule has 0 bridgehead atoms. The van der Waals surface area contributed by atoms with E-state index in [0.717, 1.165) is 12.2 Å². The molecule has 2 rings (SSSR count). The highest BCUT2D eigenvalue weighted by Gasteiger charge is 2.09. The van der Waals surface area contributed by atoms with Gasteiger partial charge in [-0.3, -0.25) is 4.79 Å². The number of nitrogens with one attached hydrogen (secondary N) is 1. The third-order valence-corrected chi connectivity index (χ3v) is 4.76. The van der Waals surface area contributed by atoms with Crippen LogP contribution in [0.3, 0.4) is 0 Å². The Morgan fingerprint density at radius 1 is 1.43 bits per heavy atom. The summed E-state index contributed by atoms with van der Waals surface area (Å²) in [6, 6.07) is 4.18. The smallest absolute Gasteiger partial charge is 0.283 e. The molecule has 21 heavy (non-hydrogen) atoms. The number of hydrogen-bond acceptors (Lipinski definition) is 5. The van der Waals surface area contributed by atoms with Crippen LogP contribution in [0.1, 0.15) is 9.75 Å². The lowest BCUT2D eigenvalue weighted by Gasteiger charge is -2.12. The molecule has 0 radical (unpaired) electrons. The lowest BCUT2D eigenvalue weighted by molar-refractivity contribution is 0.367. The molecule has 5 nitrogen and oxygen atoms in total. The molecule has 2 aromatic rings. The van der Waals surface area contributed by atoms with Crippen molar-refractivity contribution >= 4 is 33.0 Å². The Morgan fingerprint density at radius 2 is 2.19 bits per heavy atom. The summed E-state index contributed by atoms with van der Waals surface area (Å²) >= 11 is 5.12. The van der Waals surface area contributed by atoms with E-state index >= 15 is 0 Å². The average molecular weight is 371 g/mol. The fourth-order valence-electron chi connectivity index (χ4n) is 1.80. The van der Waals surface area contributed by atoms with Gasteiger partial charge in [-0.2, -0.15) is 5.10 Å². The van der Waals surface area contributed by atoms with Gasteiger partial charge in [0.1, 0.15) is 4.47 Å². The van der Waals surface area contributed by atoms with Crippen LogP contribution in [0.2, 0.25) is 0 Å². The van der Waals surface area contributed by atoms with Crippen molar-refractivity contribution in [2.24, 2.45) is 0 Å². The SMILES string of the molecule is Cc1ccc(CNc2cnn(CCN(C)C)c(=O)c2Br)s1. The van der Waals surface area contributed by atoms with E-state index in [-0.39, 0.29) is 5.56 Å². The minimum atomic E-state index is -0.107. The standard InChI is InChI=1S/C14H19BrN4OS/c1-10-4-5-11(21-10)8-16-12-9-17-19(7-6-18(2)3)14(20)13(12)15/h4-5,9,16H,6-8H2,1-3H3.